The number of hydrogen-bond acceptors (Lipinski definition) is 4. The average molecular weight is 336 g/mol. The fourth-order valence-corrected chi connectivity index (χ4v) is 3.57. The number of carbonyl (C=O) groups excluding carboxylic acids is 1. The van der Waals surface area contributed by atoms with E-state index in [1.165, 1.54) is 0 Å². The Balaban J connectivity index is 2.03. The van der Waals surface area contributed by atoms with Gasteiger partial charge >= 0.3 is 5.97 Å². The minimum absolute atomic E-state index is 0.0229. The zero-order valence-corrected chi connectivity index (χ0v) is 14.4. The number of anilines is 2. The molecule has 4 N–H and O–H groups in total. The molecule has 2 aromatic rings. The van der Waals surface area contributed by atoms with E-state index in [4.69, 9.17) is 16.2 Å². The predicted molar refractivity (Wildman–Crippen MR) is 101 cm³/mol. The van der Waals surface area contributed by atoms with Gasteiger partial charge in [-0.25, -0.2) is 0 Å². The fraction of sp³-hybridized carbons (Fsp3) is 0.286. The highest BCUT2D eigenvalue weighted by atomic mass is 16.5. The van der Waals surface area contributed by atoms with Gasteiger partial charge in [-0.1, -0.05) is 30.3 Å². The minimum Gasteiger partial charge on any atom is -0.456 e. The molecule has 1 heterocycles. The summed E-state index contributed by atoms with van der Waals surface area (Å²) in [7, 11) is 0. The molecule has 1 saturated heterocycles. The Morgan fingerprint density at radius 3 is 2.52 bits per heavy atom. The Labute approximate surface area is 148 Å². The second kappa shape index (κ2) is 6.63. The number of allylic oxidation sites excluding steroid dienone is 1. The van der Waals surface area contributed by atoms with E-state index >= 15 is 0 Å². The first-order chi connectivity index (χ1) is 11.9. The van der Waals surface area contributed by atoms with Crippen LogP contribution in [0.25, 0.3) is 0 Å². The molecule has 0 aliphatic carbocycles. The standard InChI is InChI=1S/C21H24N2O2/c1-3-11-21(2)13-18(15-5-4-6-17(23)12-15)19(25-20(21)24)14-7-9-16(22)10-8-14/h3-10,12,18-19H,1,11,13,22-23H2,2H3/t18-,19+,21+/m1/s1. The van der Waals surface area contributed by atoms with E-state index in [9.17, 15) is 4.79 Å². The first-order valence-corrected chi connectivity index (χ1v) is 8.46. The third-order valence-electron chi connectivity index (χ3n) is 4.96. The molecule has 0 saturated carbocycles. The van der Waals surface area contributed by atoms with Gasteiger partial charge in [-0.15, -0.1) is 6.58 Å². The summed E-state index contributed by atoms with van der Waals surface area (Å²) in [4.78, 5) is 12.7. The second-order valence-electron chi connectivity index (χ2n) is 7.03. The Morgan fingerprint density at radius 2 is 1.88 bits per heavy atom. The number of ether oxygens (including phenoxy) is 1. The van der Waals surface area contributed by atoms with Crippen molar-refractivity contribution in [2.75, 3.05) is 11.5 Å². The van der Waals surface area contributed by atoms with Gasteiger partial charge in [0.15, 0.2) is 0 Å². The van der Waals surface area contributed by atoms with Crippen molar-refractivity contribution in [3.8, 4) is 0 Å². The van der Waals surface area contributed by atoms with Crippen LogP contribution in [0.5, 0.6) is 0 Å². The molecule has 25 heavy (non-hydrogen) atoms. The van der Waals surface area contributed by atoms with Gasteiger partial charge in [-0.3, -0.25) is 4.79 Å². The SMILES string of the molecule is C=CC[C@@]1(C)C[C@H](c2cccc(N)c2)[C@H](c2ccc(N)cc2)OC1=O. The van der Waals surface area contributed by atoms with Crippen LogP contribution in [0.4, 0.5) is 11.4 Å². The summed E-state index contributed by atoms with van der Waals surface area (Å²) in [5.41, 5.74) is 14.6. The monoisotopic (exact) mass is 336 g/mol. The first-order valence-electron chi connectivity index (χ1n) is 8.46. The number of benzene rings is 2. The third-order valence-corrected chi connectivity index (χ3v) is 4.96. The molecule has 4 heteroatoms. The van der Waals surface area contributed by atoms with E-state index in [0.29, 0.717) is 24.2 Å². The van der Waals surface area contributed by atoms with Crippen LogP contribution in [-0.2, 0) is 9.53 Å². The van der Waals surface area contributed by atoms with Crippen LogP contribution in [0.2, 0.25) is 0 Å². The molecule has 3 atom stereocenters. The van der Waals surface area contributed by atoms with Gasteiger partial charge in [0.25, 0.3) is 0 Å². The van der Waals surface area contributed by atoms with Crippen molar-refractivity contribution < 1.29 is 9.53 Å². The van der Waals surface area contributed by atoms with E-state index in [0.717, 1.165) is 11.1 Å². The highest BCUT2D eigenvalue weighted by Gasteiger charge is 2.46. The van der Waals surface area contributed by atoms with E-state index < -0.39 is 5.41 Å². The van der Waals surface area contributed by atoms with Crippen molar-refractivity contribution in [2.24, 2.45) is 5.41 Å². The molecular weight excluding hydrogens is 312 g/mol. The van der Waals surface area contributed by atoms with Crippen molar-refractivity contribution >= 4 is 17.3 Å². The lowest BCUT2D eigenvalue weighted by molar-refractivity contribution is -0.171. The number of cyclic esters (lactones) is 1. The summed E-state index contributed by atoms with van der Waals surface area (Å²) in [6.07, 6.45) is 2.68. The molecule has 2 aromatic carbocycles. The maximum Gasteiger partial charge on any atom is 0.312 e. The van der Waals surface area contributed by atoms with Crippen LogP contribution in [-0.4, -0.2) is 5.97 Å². The predicted octanol–water partition coefficient (Wildman–Crippen LogP) is 4.21. The van der Waals surface area contributed by atoms with Crippen molar-refractivity contribution in [3.05, 3.63) is 72.3 Å². The molecule has 0 amide bonds. The summed E-state index contributed by atoms with van der Waals surface area (Å²) in [6.45, 7) is 5.73. The van der Waals surface area contributed by atoms with E-state index in [1.54, 1.807) is 6.08 Å². The van der Waals surface area contributed by atoms with Crippen LogP contribution in [0.1, 0.15) is 42.9 Å². The van der Waals surface area contributed by atoms with Gasteiger partial charge in [0.05, 0.1) is 5.41 Å². The molecule has 130 valence electrons. The summed E-state index contributed by atoms with van der Waals surface area (Å²) in [5, 5.41) is 0. The van der Waals surface area contributed by atoms with Gasteiger partial charge in [0.2, 0.25) is 0 Å². The summed E-state index contributed by atoms with van der Waals surface area (Å²) in [6, 6.07) is 15.3. The quantitative estimate of drug-likeness (QED) is 0.498. The van der Waals surface area contributed by atoms with Gasteiger partial charge in [0.1, 0.15) is 6.10 Å². The van der Waals surface area contributed by atoms with Gasteiger partial charge in [-0.2, -0.15) is 0 Å². The Hall–Kier alpha value is -2.75. The maximum absolute atomic E-state index is 12.7. The van der Waals surface area contributed by atoms with Crippen molar-refractivity contribution in [1.82, 2.24) is 0 Å². The van der Waals surface area contributed by atoms with E-state index in [2.05, 4.69) is 6.58 Å². The Bertz CT molecular complexity index is 785. The van der Waals surface area contributed by atoms with Gasteiger partial charge in [-0.05, 0) is 55.2 Å². The average Bonchev–Trinajstić information content (AvgIpc) is 2.58. The van der Waals surface area contributed by atoms with Crippen LogP contribution in [0.3, 0.4) is 0 Å². The van der Waals surface area contributed by atoms with Gasteiger partial charge in [0, 0.05) is 17.3 Å². The molecule has 0 radical (unpaired) electrons. The molecule has 0 bridgehead atoms. The van der Waals surface area contributed by atoms with Crippen LogP contribution in [0, 0.1) is 5.41 Å². The zero-order chi connectivity index (χ0) is 18.0. The number of nitrogens with two attached hydrogens (primary N) is 2. The molecule has 0 aromatic heterocycles. The highest BCUT2D eigenvalue weighted by Crippen LogP contribution is 2.49. The number of rotatable bonds is 4. The number of nitrogen functional groups attached to an aromatic ring is 2. The number of hydrogen-bond donors (Lipinski definition) is 2. The summed E-state index contributed by atoms with van der Waals surface area (Å²) >= 11 is 0. The lowest BCUT2D eigenvalue weighted by atomic mass is 9.71. The minimum atomic E-state index is -0.582. The molecule has 0 spiro atoms. The highest BCUT2D eigenvalue weighted by molar-refractivity contribution is 5.78. The molecular formula is C21H24N2O2. The summed E-state index contributed by atoms with van der Waals surface area (Å²) < 4.78 is 5.92. The van der Waals surface area contributed by atoms with E-state index in [1.807, 2.05) is 55.5 Å². The molecule has 1 aliphatic heterocycles. The lowest BCUT2D eigenvalue weighted by Gasteiger charge is -2.41. The smallest absolute Gasteiger partial charge is 0.312 e. The van der Waals surface area contributed by atoms with Crippen molar-refractivity contribution in [2.45, 2.75) is 31.8 Å². The lowest BCUT2D eigenvalue weighted by Crippen LogP contribution is -2.39. The molecule has 3 rings (SSSR count). The normalized spacial score (nSPS) is 26.0. The number of esters is 1. The van der Waals surface area contributed by atoms with Crippen LogP contribution < -0.4 is 11.5 Å². The topological polar surface area (TPSA) is 78.3 Å². The number of carbonyl (C=O) groups is 1. The molecule has 0 unspecified atom stereocenters. The van der Waals surface area contributed by atoms with E-state index in [-0.39, 0.29) is 18.0 Å². The van der Waals surface area contributed by atoms with Crippen molar-refractivity contribution in [1.29, 1.82) is 0 Å². The van der Waals surface area contributed by atoms with Gasteiger partial charge < -0.3 is 16.2 Å². The Kier molecular flexibility index (Phi) is 4.53. The molecule has 1 aliphatic rings. The third kappa shape index (κ3) is 3.38. The van der Waals surface area contributed by atoms with Crippen LogP contribution in [0.15, 0.2) is 61.2 Å². The first kappa shape index (κ1) is 17.1. The fourth-order valence-electron chi connectivity index (χ4n) is 3.57. The molecule has 1 fully saturated rings. The zero-order valence-electron chi connectivity index (χ0n) is 14.4. The van der Waals surface area contributed by atoms with Crippen molar-refractivity contribution in [3.63, 3.8) is 0 Å². The van der Waals surface area contributed by atoms with Crippen LogP contribution >= 0.6 is 0 Å². The largest absolute Gasteiger partial charge is 0.456 e. The Morgan fingerprint density at radius 1 is 1.16 bits per heavy atom. The maximum atomic E-state index is 12.7. The molecule has 4 nitrogen and oxygen atoms in total. The summed E-state index contributed by atoms with van der Waals surface area (Å²) in [5.74, 6) is -0.163. The second-order valence-corrected chi connectivity index (χ2v) is 7.03.